The van der Waals surface area contributed by atoms with E-state index >= 15 is 0 Å². The molecule has 7 heteroatoms. The van der Waals surface area contributed by atoms with Gasteiger partial charge in [0.15, 0.2) is 0 Å². The summed E-state index contributed by atoms with van der Waals surface area (Å²) in [5, 5.41) is 9.40. The van der Waals surface area contributed by atoms with Gasteiger partial charge in [-0.2, -0.15) is 0 Å². The maximum absolute atomic E-state index is 11.9. The number of rotatable bonds is 20. The lowest BCUT2D eigenvalue weighted by atomic mass is 9.76. The van der Waals surface area contributed by atoms with Crippen LogP contribution in [0, 0.1) is 12.8 Å². The average molecular weight is 649 g/mol. The van der Waals surface area contributed by atoms with E-state index in [2.05, 4.69) is 45.2 Å². The van der Waals surface area contributed by atoms with E-state index in [4.69, 9.17) is 18.9 Å². The molecule has 258 valence electrons. The zero-order chi connectivity index (χ0) is 34.2. The third kappa shape index (κ3) is 12.2. The summed E-state index contributed by atoms with van der Waals surface area (Å²) in [5.74, 6) is 1.89. The number of hydrogen-bond donors (Lipinski definition) is 1. The predicted molar refractivity (Wildman–Crippen MR) is 188 cm³/mol. The number of aryl methyl sites for hydroxylation is 2. The van der Waals surface area contributed by atoms with E-state index in [0.29, 0.717) is 41.4 Å². The lowest BCUT2D eigenvalue weighted by molar-refractivity contribution is -0.140. The molecule has 0 heterocycles. The molecular weight excluding hydrogens is 592 g/mol. The van der Waals surface area contributed by atoms with Crippen molar-refractivity contribution in [3.05, 3.63) is 71.3 Å². The molecule has 2 aromatic carbocycles. The van der Waals surface area contributed by atoms with Gasteiger partial charge < -0.3 is 24.1 Å². The second kappa shape index (κ2) is 19.9. The smallest absolute Gasteiger partial charge is 0.333 e. The Bertz CT molecular complexity index is 1340. The quantitative estimate of drug-likeness (QED) is 0.0871. The number of carbonyl (C=O) groups is 2. The Labute approximate surface area is 282 Å². The Kier molecular flexibility index (Phi) is 16.1. The van der Waals surface area contributed by atoms with Crippen LogP contribution in [-0.4, -0.2) is 50.1 Å². The minimum absolute atomic E-state index is 0.0936. The summed E-state index contributed by atoms with van der Waals surface area (Å²) >= 11 is 0. The summed E-state index contributed by atoms with van der Waals surface area (Å²) in [7, 11) is 0. The van der Waals surface area contributed by atoms with Crippen molar-refractivity contribution in [2.24, 2.45) is 5.92 Å². The number of aliphatic hydroxyl groups excluding tert-OH is 1. The van der Waals surface area contributed by atoms with E-state index in [1.807, 2.05) is 12.1 Å². The normalized spacial score (nSPS) is 15.9. The lowest BCUT2D eigenvalue weighted by Crippen LogP contribution is -2.14. The SMILES string of the molecule is C=C(C)C(=O)OCCOc1cc(-c2ccc(C3CCC(CCCCC)CC3)cc2C)c(OCCOC(=O)C(=C)C)cc1CCCCO. The Morgan fingerprint density at radius 3 is 2.00 bits per heavy atom. The first-order valence-corrected chi connectivity index (χ1v) is 17.4. The monoisotopic (exact) mass is 648 g/mol. The van der Waals surface area contributed by atoms with Gasteiger partial charge in [0.2, 0.25) is 0 Å². The van der Waals surface area contributed by atoms with E-state index in [-0.39, 0.29) is 33.0 Å². The van der Waals surface area contributed by atoms with Gasteiger partial charge in [0.25, 0.3) is 0 Å². The summed E-state index contributed by atoms with van der Waals surface area (Å²) < 4.78 is 23.0. The highest BCUT2D eigenvalue weighted by atomic mass is 16.6. The van der Waals surface area contributed by atoms with E-state index < -0.39 is 11.9 Å². The summed E-state index contributed by atoms with van der Waals surface area (Å²) in [5.41, 5.74) is 6.06. The van der Waals surface area contributed by atoms with Crippen LogP contribution in [-0.2, 0) is 25.5 Å². The van der Waals surface area contributed by atoms with Crippen molar-refractivity contribution in [3.63, 3.8) is 0 Å². The van der Waals surface area contributed by atoms with Crippen LogP contribution in [0.15, 0.2) is 54.6 Å². The molecule has 47 heavy (non-hydrogen) atoms. The Balaban J connectivity index is 1.87. The van der Waals surface area contributed by atoms with Crippen molar-refractivity contribution < 1.29 is 33.6 Å². The van der Waals surface area contributed by atoms with Crippen LogP contribution in [0.4, 0.5) is 0 Å². The second-order valence-corrected chi connectivity index (χ2v) is 13.0. The van der Waals surface area contributed by atoms with Crippen LogP contribution < -0.4 is 9.47 Å². The molecule has 0 atom stereocenters. The van der Waals surface area contributed by atoms with E-state index in [1.54, 1.807) is 13.8 Å². The highest BCUT2D eigenvalue weighted by molar-refractivity contribution is 5.87. The maximum Gasteiger partial charge on any atom is 0.333 e. The summed E-state index contributed by atoms with van der Waals surface area (Å²) in [6, 6.07) is 10.7. The molecular formula is C40H56O7. The van der Waals surface area contributed by atoms with Crippen LogP contribution >= 0.6 is 0 Å². The Morgan fingerprint density at radius 2 is 1.43 bits per heavy atom. The lowest BCUT2D eigenvalue weighted by Gasteiger charge is -2.29. The number of aliphatic hydroxyl groups is 1. The first kappa shape index (κ1) is 37.9. The number of ether oxygens (including phenoxy) is 4. The molecule has 0 aliphatic heterocycles. The third-order valence-electron chi connectivity index (χ3n) is 8.94. The van der Waals surface area contributed by atoms with Crippen LogP contribution in [0.1, 0.15) is 108 Å². The number of unbranched alkanes of at least 4 members (excludes halogenated alkanes) is 3. The van der Waals surface area contributed by atoms with E-state index in [9.17, 15) is 14.7 Å². The van der Waals surface area contributed by atoms with Crippen LogP contribution in [0.2, 0.25) is 0 Å². The minimum Gasteiger partial charge on any atom is -0.490 e. The van der Waals surface area contributed by atoms with Crippen molar-refractivity contribution >= 4 is 11.9 Å². The van der Waals surface area contributed by atoms with Crippen molar-refractivity contribution in [1.82, 2.24) is 0 Å². The number of carbonyl (C=O) groups excluding carboxylic acids is 2. The van der Waals surface area contributed by atoms with Crippen molar-refractivity contribution in [1.29, 1.82) is 0 Å². The van der Waals surface area contributed by atoms with Gasteiger partial charge in [-0.15, -0.1) is 0 Å². The van der Waals surface area contributed by atoms with Gasteiger partial charge in [0.1, 0.15) is 37.9 Å². The molecule has 7 nitrogen and oxygen atoms in total. The molecule has 0 aromatic heterocycles. The fraction of sp³-hybridized carbons (Fsp3) is 0.550. The highest BCUT2D eigenvalue weighted by Gasteiger charge is 2.23. The number of esters is 2. The molecule has 0 bridgehead atoms. The van der Waals surface area contributed by atoms with Gasteiger partial charge in [-0.05, 0) is 112 Å². The molecule has 2 aromatic rings. The first-order valence-electron chi connectivity index (χ1n) is 17.4. The Hall–Kier alpha value is -3.58. The standard InChI is InChI=1S/C40H56O7/c1-7-8-9-12-31-14-16-32(17-15-31)33-18-19-35(30(6)25-33)36-27-37(44-21-23-46-39(42)28(2)3)34(13-10-11-20-41)26-38(36)45-22-24-47-40(43)29(4)5/h18-19,25-27,31-32,41H,2,4,7-17,20-24H2,1,3,5-6H3. The predicted octanol–water partition coefficient (Wildman–Crippen LogP) is 8.83. The van der Waals surface area contributed by atoms with Gasteiger partial charge in [0.05, 0.1) is 0 Å². The van der Waals surface area contributed by atoms with Gasteiger partial charge >= 0.3 is 11.9 Å². The van der Waals surface area contributed by atoms with Crippen LogP contribution in [0.25, 0.3) is 11.1 Å². The fourth-order valence-electron chi connectivity index (χ4n) is 6.22. The van der Waals surface area contributed by atoms with Gasteiger partial charge in [-0.1, -0.05) is 64.0 Å². The average Bonchev–Trinajstić information content (AvgIpc) is 3.06. The summed E-state index contributed by atoms with van der Waals surface area (Å²) in [6.45, 7) is 15.6. The maximum atomic E-state index is 11.9. The zero-order valence-electron chi connectivity index (χ0n) is 29.2. The van der Waals surface area contributed by atoms with Crippen LogP contribution in [0.3, 0.4) is 0 Å². The van der Waals surface area contributed by atoms with Gasteiger partial charge in [0, 0.05) is 23.3 Å². The van der Waals surface area contributed by atoms with Gasteiger partial charge in [-0.3, -0.25) is 0 Å². The van der Waals surface area contributed by atoms with Crippen molar-refractivity contribution in [2.75, 3.05) is 33.0 Å². The molecule has 1 fully saturated rings. The molecule has 0 unspecified atom stereocenters. The highest BCUT2D eigenvalue weighted by Crippen LogP contribution is 2.42. The molecule has 0 radical (unpaired) electrons. The first-order chi connectivity index (χ1) is 22.6. The van der Waals surface area contributed by atoms with Gasteiger partial charge in [-0.25, -0.2) is 9.59 Å². The Morgan fingerprint density at radius 1 is 0.787 bits per heavy atom. The summed E-state index contributed by atoms with van der Waals surface area (Å²) in [6.07, 6.45) is 12.5. The summed E-state index contributed by atoms with van der Waals surface area (Å²) in [4.78, 5) is 23.8. The molecule has 1 aliphatic carbocycles. The molecule has 0 amide bonds. The molecule has 3 rings (SSSR count). The minimum atomic E-state index is -0.450. The van der Waals surface area contributed by atoms with Crippen LogP contribution in [0.5, 0.6) is 11.5 Å². The topological polar surface area (TPSA) is 91.3 Å². The number of benzene rings is 2. The number of hydrogen-bond acceptors (Lipinski definition) is 7. The van der Waals surface area contributed by atoms with Crippen molar-refractivity contribution in [3.8, 4) is 22.6 Å². The second-order valence-electron chi connectivity index (χ2n) is 13.0. The van der Waals surface area contributed by atoms with E-state index in [1.165, 1.54) is 56.9 Å². The molecule has 1 aliphatic rings. The van der Waals surface area contributed by atoms with E-state index in [0.717, 1.165) is 34.6 Å². The molecule has 0 saturated heterocycles. The molecule has 1 saturated carbocycles. The largest absolute Gasteiger partial charge is 0.490 e. The van der Waals surface area contributed by atoms with Crippen molar-refractivity contribution in [2.45, 2.75) is 104 Å². The fourth-order valence-corrected chi connectivity index (χ4v) is 6.22. The zero-order valence-corrected chi connectivity index (χ0v) is 29.2. The molecule has 1 N–H and O–H groups in total. The third-order valence-corrected chi connectivity index (χ3v) is 8.94. The molecule has 0 spiro atoms.